The number of rotatable bonds is 7. The number of likely N-dealkylation sites (tertiary alicyclic amines) is 1. The standard InChI is InChI=1S/C29H39N5O4/c1-28(2,3)23(33-25(36)20-12-29(20)7-8-29)27(38)34-14-19-15-4-5-16(10-15)21(19)22(34)26(37)32-18(13-30)11-17-6-9-31-24(17)35/h4-5,15-23H,6-12,14H2,1-3H3,(H,31,35)(H,32,37)(H,33,36)/t15-,16+,17+,18+,19-,20?,21+,22+,23-/m1/s1. The molecule has 2 bridgehead atoms. The van der Waals surface area contributed by atoms with Gasteiger partial charge in [0.25, 0.3) is 0 Å². The number of nitrogens with one attached hydrogen (secondary N) is 3. The number of carbonyl (C=O) groups is 4. The molecule has 1 unspecified atom stereocenters. The lowest BCUT2D eigenvalue weighted by molar-refractivity contribution is -0.145. The SMILES string of the molecule is CC(C)(C)[C@H](NC(=O)C1CC12CC2)C(=O)N1C[C@H]2[C@@H]([C@H]1C(=O)N[C@H](C#N)C[C@@H]1CCNC1=O)[C@H]1C=C[C@@H]2C1. The Morgan fingerprint density at radius 2 is 1.92 bits per heavy atom. The van der Waals surface area contributed by atoms with Crippen molar-refractivity contribution in [3.8, 4) is 6.07 Å². The highest BCUT2D eigenvalue weighted by molar-refractivity contribution is 5.95. The van der Waals surface area contributed by atoms with Gasteiger partial charge in [-0.05, 0) is 73.0 Å². The van der Waals surface area contributed by atoms with Crippen molar-refractivity contribution in [2.45, 2.75) is 77.4 Å². The maximum atomic E-state index is 14.2. The fraction of sp³-hybridized carbons (Fsp3) is 0.759. The minimum absolute atomic E-state index is 0.00132. The average Bonchev–Trinajstić information content (AvgIpc) is 3.46. The van der Waals surface area contributed by atoms with Crippen molar-refractivity contribution in [3.63, 3.8) is 0 Å². The fourth-order valence-electron chi connectivity index (χ4n) is 7.82. The van der Waals surface area contributed by atoms with E-state index in [9.17, 15) is 24.4 Å². The number of hydrogen-bond donors (Lipinski definition) is 3. The van der Waals surface area contributed by atoms with Crippen LogP contribution < -0.4 is 16.0 Å². The summed E-state index contributed by atoms with van der Waals surface area (Å²) < 4.78 is 0. The van der Waals surface area contributed by atoms with E-state index in [0.717, 1.165) is 25.7 Å². The van der Waals surface area contributed by atoms with Crippen LogP contribution in [-0.2, 0) is 19.2 Å². The molecule has 38 heavy (non-hydrogen) atoms. The summed E-state index contributed by atoms with van der Waals surface area (Å²) in [5.41, 5.74) is -0.338. The molecule has 204 valence electrons. The Bertz CT molecular complexity index is 1130. The minimum atomic E-state index is -0.802. The van der Waals surface area contributed by atoms with Gasteiger partial charge in [-0.3, -0.25) is 19.2 Å². The first-order valence-electron chi connectivity index (χ1n) is 14.3. The maximum absolute atomic E-state index is 14.2. The maximum Gasteiger partial charge on any atom is 0.246 e. The molecule has 0 aromatic rings. The van der Waals surface area contributed by atoms with Gasteiger partial charge in [0.2, 0.25) is 23.6 Å². The minimum Gasteiger partial charge on any atom is -0.356 e. The summed E-state index contributed by atoms with van der Waals surface area (Å²) in [7, 11) is 0. The predicted octanol–water partition coefficient (Wildman–Crippen LogP) is 1.50. The van der Waals surface area contributed by atoms with Gasteiger partial charge in [-0.15, -0.1) is 0 Å². The average molecular weight is 522 g/mol. The fourth-order valence-corrected chi connectivity index (χ4v) is 7.82. The molecule has 2 aliphatic heterocycles. The first-order valence-corrected chi connectivity index (χ1v) is 14.3. The van der Waals surface area contributed by atoms with Crippen LogP contribution in [0.3, 0.4) is 0 Å². The lowest BCUT2D eigenvalue weighted by atomic mass is 9.81. The van der Waals surface area contributed by atoms with Gasteiger partial charge in [0, 0.05) is 24.9 Å². The third-order valence-electron chi connectivity index (χ3n) is 10.3. The van der Waals surface area contributed by atoms with Crippen molar-refractivity contribution in [3.05, 3.63) is 12.2 Å². The summed E-state index contributed by atoms with van der Waals surface area (Å²) in [6.45, 7) is 6.91. The van der Waals surface area contributed by atoms with Crippen molar-refractivity contribution < 1.29 is 19.2 Å². The van der Waals surface area contributed by atoms with Gasteiger partial charge in [-0.25, -0.2) is 0 Å². The molecule has 5 fully saturated rings. The quantitative estimate of drug-likeness (QED) is 0.437. The summed E-state index contributed by atoms with van der Waals surface area (Å²) in [6, 6.07) is -0.0725. The summed E-state index contributed by atoms with van der Waals surface area (Å²) in [6.07, 6.45) is 9.39. The van der Waals surface area contributed by atoms with Crippen LogP contribution in [0.2, 0.25) is 0 Å². The van der Waals surface area contributed by atoms with Crippen molar-refractivity contribution in [1.82, 2.24) is 20.9 Å². The van der Waals surface area contributed by atoms with Crippen molar-refractivity contribution >= 4 is 23.6 Å². The van der Waals surface area contributed by atoms with E-state index < -0.39 is 23.5 Å². The summed E-state index contributed by atoms with van der Waals surface area (Å²) in [4.78, 5) is 54.9. The lowest BCUT2D eigenvalue weighted by Crippen LogP contribution is -2.59. The Morgan fingerprint density at radius 1 is 1.18 bits per heavy atom. The van der Waals surface area contributed by atoms with E-state index in [0.29, 0.717) is 25.4 Å². The second-order valence-corrected chi connectivity index (χ2v) is 13.8. The summed E-state index contributed by atoms with van der Waals surface area (Å²) >= 11 is 0. The molecule has 4 amide bonds. The Kier molecular flexibility index (Phi) is 5.89. The molecule has 9 atom stereocenters. The van der Waals surface area contributed by atoms with E-state index in [-0.39, 0.29) is 65.1 Å². The predicted molar refractivity (Wildman–Crippen MR) is 138 cm³/mol. The molecule has 2 heterocycles. The van der Waals surface area contributed by atoms with Gasteiger partial charge in [-0.1, -0.05) is 32.9 Å². The Labute approximate surface area is 224 Å². The third-order valence-corrected chi connectivity index (χ3v) is 10.3. The Morgan fingerprint density at radius 3 is 2.53 bits per heavy atom. The topological polar surface area (TPSA) is 131 Å². The number of hydrogen-bond acceptors (Lipinski definition) is 5. The number of nitrogens with zero attached hydrogens (tertiary/aromatic N) is 2. The van der Waals surface area contributed by atoms with Crippen molar-refractivity contribution in [1.29, 1.82) is 5.26 Å². The molecule has 9 heteroatoms. The zero-order valence-electron chi connectivity index (χ0n) is 22.5. The zero-order valence-corrected chi connectivity index (χ0v) is 22.5. The number of allylic oxidation sites excluding steroid dienone is 2. The molecule has 9 nitrogen and oxygen atoms in total. The Hall–Kier alpha value is -2.89. The number of carbonyl (C=O) groups excluding carboxylic acids is 4. The van der Waals surface area contributed by atoms with Crippen LogP contribution in [0.4, 0.5) is 0 Å². The smallest absolute Gasteiger partial charge is 0.246 e. The largest absolute Gasteiger partial charge is 0.356 e. The van der Waals surface area contributed by atoms with E-state index in [1.165, 1.54) is 0 Å². The molecular weight excluding hydrogens is 482 g/mol. The molecule has 3 N–H and O–H groups in total. The molecule has 6 rings (SSSR count). The zero-order chi connectivity index (χ0) is 27.0. The molecule has 4 aliphatic carbocycles. The number of fused-ring (bicyclic) bond motifs is 5. The van der Waals surface area contributed by atoms with Gasteiger partial charge in [-0.2, -0.15) is 5.26 Å². The number of nitriles is 1. The van der Waals surface area contributed by atoms with Crippen LogP contribution in [-0.4, -0.2) is 59.7 Å². The summed E-state index contributed by atoms with van der Waals surface area (Å²) in [5.74, 6) is -0.195. The van der Waals surface area contributed by atoms with E-state index in [2.05, 4.69) is 34.2 Å². The second-order valence-electron chi connectivity index (χ2n) is 13.8. The van der Waals surface area contributed by atoms with Crippen LogP contribution >= 0.6 is 0 Å². The van der Waals surface area contributed by atoms with Gasteiger partial charge >= 0.3 is 0 Å². The number of amides is 4. The first kappa shape index (κ1) is 25.4. The normalized spacial score (nSPS) is 36.8. The van der Waals surface area contributed by atoms with E-state index in [1.807, 2.05) is 20.8 Å². The Balaban J connectivity index is 1.22. The highest BCUT2D eigenvalue weighted by Crippen LogP contribution is 2.70. The van der Waals surface area contributed by atoms with Crippen LogP contribution in [0, 0.1) is 57.7 Å². The van der Waals surface area contributed by atoms with Crippen LogP contribution in [0.1, 0.15) is 59.3 Å². The van der Waals surface area contributed by atoms with E-state index >= 15 is 0 Å². The van der Waals surface area contributed by atoms with Crippen molar-refractivity contribution in [2.75, 3.05) is 13.1 Å². The molecular formula is C29H39N5O4. The highest BCUT2D eigenvalue weighted by Gasteiger charge is 2.66. The molecule has 0 aromatic heterocycles. The third kappa shape index (κ3) is 4.20. The summed E-state index contributed by atoms with van der Waals surface area (Å²) in [5, 5.41) is 18.6. The lowest BCUT2D eigenvalue weighted by Gasteiger charge is -2.37. The molecule has 0 aromatic carbocycles. The van der Waals surface area contributed by atoms with Crippen LogP contribution in [0.15, 0.2) is 12.2 Å². The molecule has 6 aliphatic rings. The van der Waals surface area contributed by atoms with Crippen molar-refractivity contribution in [2.24, 2.45) is 46.3 Å². The molecule has 1 spiro atoms. The highest BCUT2D eigenvalue weighted by atomic mass is 16.2. The van der Waals surface area contributed by atoms with Gasteiger partial charge in [0.15, 0.2) is 0 Å². The van der Waals surface area contributed by atoms with Gasteiger partial charge in [0.05, 0.1) is 6.07 Å². The van der Waals surface area contributed by atoms with E-state index in [1.54, 1.807) is 4.90 Å². The molecule has 3 saturated carbocycles. The first-order chi connectivity index (χ1) is 18.0. The van der Waals surface area contributed by atoms with Crippen LogP contribution in [0.5, 0.6) is 0 Å². The monoisotopic (exact) mass is 521 g/mol. The molecule has 2 saturated heterocycles. The molecule has 0 radical (unpaired) electrons. The van der Waals surface area contributed by atoms with Crippen LogP contribution in [0.25, 0.3) is 0 Å². The van der Waals surface area contributed by atoms with Gasteiger partial charge < -0.3 is 20.9 Å². The van der Waals surface area contributed by atoms with Gasteiger partial charge in [0.1, 0.15) is 18.1 Å². The second kappa shape index (κ2) is 8.82. The van der Waals surface area contributed by atoms with E-state index in [4.69, 9.17) is 0 Å².